The van der Waals surface area contributed by atoms with E-state index in [1.807, 2.05) is 30.3 Å². The van der Waals surface area contributed by atoms with Crippen LogP contribution in [0, 0.1) is 0 Å². The Morgan fingerprint density at radius 1 is 1.33 bits per heavy atom. The summed E-state index contributed by atoms with van der Waals surface area (Å²) in [5.74, 6) is 0.983. The van der Waals surface area contributed by atoms with Crippen molar-refractivity contribution in [2.45, 2.75) is 25.5 Å². The molecule has 0 aliphatic carbocycles. The number of benzene rings is 1. The summed E-state index contributed by atoms with van der Waals surface area (Å²) in [6.07, 6.45) is 4.41. The Bertz CT molecular complexity index is 748. The fourth-order valence-electron chi connectivity index (χ4n) is 2.53. The highest BCUT2D eigenvalue weighted by Crippen LogP contribution is 2.35. The number of rotatable bonds is 5. The molecule has 0 spiro atoms. The van der Waals surface area contributed by atoms with Crippen molar-refractivity contribution < 1.29 is 4.84 Å². The van der Waals surface area contributed by atoms with Crippen molar-refractivity contribution in [3.05, 3.63) is 65.5 Å². The van der Waals surface area contributed by atoms with Crippen LogP contribution in [0.2, 0.25) is 0 Å². The Labute approximate surface area is 146 Å². The van der Waals surface area contributed by atoms with Gasteiger partial charge in [0.15, 0.2) is 11.8 Å². The maximum atomic E-state index is 5.90. The topological polar surface area (TPSA) is 72.9 Å². The summed E-state index contributed by atoms with van der Waals surface area (Å²) >= 11 is 1.61. The van der Waals surface area contributed by atoms with Crippen molar-refractivity contribution in [3.63, 3.8) is 0 Å². The second kappa shape index (κ2) is 7.49. The Balaban J connectivity index is 1.67. The summed E-state index contributed by atoms with van der Waals surface area (Å²) in [5, 5.41) is 4.69. The van der Waals surface area contributed by atoms with Crippen LogP contribution in [0.1, 0.15) is 30.2 Å². The number of aromatic nitrogens is 1. The molecular formula is C18H20N4OS. The Morgan fingerprint density at radius 2 is 2.25 bits per heavy atom. The SMILES string of the molecule is CC1(c2cccc(/C=N/OCc3ccccn3)c2)CCSC(N)=N1. The van der Waals surface area contributed by atoms with Crippen LogP contribution in [0.5, 0.6) is 0 Å². The molecule has 1 atom stereocenters. The van der Waals surface area contributed by atoms with Gasteiger partial charge in [0.1, 0.15) is 0 Å². The molecule has 1 aromatic heterocycles. The number of hydrogen-bond donors (Lipinski definition) is 1. The van der Waals surface area contributed by atoms with Crippen LogP contribution >= 0.6 is 11.8 Å². The van der Waals surface area contributed by atoms with Crippen LogP contribution in [0.3, 0.4) is 0 Å². The number of amidine groups is 1. The molecule has 5 nitrogen and oxygen atoms in total. The molecule has 3 rings (SSSR count). The predicted octanol–water partition coefficient (Wildman–Crippen LogP) is 3.30. The molecule has 1 aromatic carbocycles. The van der Waals surface area contributed by atoms with Gasteiger partial charge in [0, 0.05) is 11.9 Å². The van der Waals surface area contributed by atoms with Gasteiger partial charge in [-0.25, -0.2) is 0 Å². The molecule has 0 saturated carbocycles. The summed E-state index contributed by atoms with van der Waals surface area (Å²) < 4.78 is 0. The highest BCUT2D eigenvalue weighted by Gasteiger charge is 2.29. The van der Waals surface area contributed by atoms with Gasteiger partial charge in [0.05, 0.1) is 17.4 Å². The third-order valence-corrected chi connectivity index (χ3v) is 4.71. The number of pyridine rings is 1. The summed E-state index contributed by atoms with van der Waals surface area (Å²) in [5.41, 5.74) is 8.59. The molecule has 124 valence electrons. The molecule has 0 radical (unpaired) electrons. The minimum absolute atomic E-state index is 0.270. The van der Waals surface area contributed by atoms with E-state index in [1.165, 1.54) is 0 Å². The predicted molar refractivity (Wildman–Crippen MR) is 99.1 cm³/mol. The van der Waals surface area contributed by atoms with Crippen LogP contribution in [0.4, 0.5) is 0 Å². The standard InChI is InChI=1S/C18H20N4OS/c1-18(8-10-24-17(19)22-18)15-6-4-5-14(11-15)12-21-23-13-16-7-2-3-9-20-16/h2-7,9,11-12H,8,10,13H2,1H3,(H2,19,22)/b21-12+. The van der Waals surface area contributed by atoms with Crippen molar-refractivity contribution in [1.29, 1.82) is 0 Å². The van der Waals surface area contributed by atoms with E-state index in [9.17, 15) is 0 Å². The van der Waals surface area contributed by atoms with Crippen molar-refractivity contribution in [3.8, 4) is 0 Å². The zero-order valence-electron chi connectivity index (χ0n) is 13.6. The largest absolute Gasteiger partial charge is 0.389 e. The smallest absolute Gasteiger partial charge is 0.159 e. The Morgan fingerprint density at radius 3 is 3.04 bits per heavy atom. The van der Waals surface area contributed by atoms with Gasteiger partial charge in [-0.2, -0.15) is 0 Å². The van der Waals surface area contributed by atoms with Crippen molar-refractivity contribution in [2.24, 2.45) is 15.9 Å². The number of thioether (sulfide) groups is 1. The molecule has 0 fully saturated rings. The van der Waals surface area contributed by atoms with Gasteiger partial charge in [0.2, 0.25) is 0 Å². The van der Waals surface area contributed by atoms with Gasteiger partial charge in [-0.15, -0.1) is 0 Å². The van der Waals surface area contributed by atoms with E-state index in [2.05, 4.69) is 34.2 Å². The second-order valence-corrected chi connectivity index (χ2v) is 6.89. The molecular weight excluding hydrogens is 320 g/mol. The van der Waals surface area contributed by atoms with Crippen LogP contribution < -0.4 is 5.73 Å². The average Bonchev–Trinajstić information content (AvgIpc) is 2.60. The first kappa shape index (κ1) is 16.5. The molecule has 2 N–H and O–H groups in total. The maximum Gasteiger partial charge on any atom is 0.159 e. The third-order valence-electron chi connectivity index (χ3n) is 3.92. The highest BCUT2D eigenvalue weighted by atomic mass is 32.2. The summed E-state index contributed by atoms with van der Waals surface area (Å²) in [6.45, 7) is 2.47. The van der Waals surface area contributed by atoms with Gasteiger partial charge in [0.25, 0.3) is 0 Å². The van der Waals surface area contributed by atoms with Crippen LogP contribution in [0.25, 0.3) is 0 Å². The molecule has 1 aliphatic heterocycles. The lowest BCUT2D eigenvalue weighted by Crippen LogP contribution is -2.28. The molecule has 0 bridgehead atoms. The minimum atomic E-state index is -0.270. The van der Waals surface area contributed by atoms with E-state index in [1.54, 1.807) is 24.2 Å². The van der Waals surface area contributed by atoms with Gasteiger partial charge < -0.3 is 10.6 Å². The summed E-state index contributed by atoms with van der Waals surface area (Å²) in [6, 6.07) is 13.9. The van der Waals surface area contributed by atoms with E-state index in [-0.39, 0.29) is 5.54 Å². The molecule has 24 heavy (non-hydrogen) atoms. The fraction of sp³-hybridized carbons (Fsp3) is 0.278. The summed E-state index contributed by atoms with van der Waals surface area (Å²) in [7, 11) is 0. The maximum absolute atomic E-state index is 5.90. The first-order valence-corrected chi connectivity index (χ1v) is 8.78. The van der Waals surface area contributed by atoms with E-state index in [4.69, 9.17) is 10.6 Å². The van der Waals surface area contributed by atoms with E-state index >= 15 is 0 Å². The number of nitrogens with zero attached hydrogens (tertiary/aromatic N) is 3. The molecule has 2 aromatic rings. The monoisotopic (exact) mass is 340 g/mol. The van der Waals surface area contributed by atoms with Crippen LogP contribution in [-0.2, 0) is 17.0 Å². The molecule has 0 saturated heterocycles. The average molecular weight is 340 g/mol. The van der Waals surface area contributed by atoms with Gasteiger partial charge in [-0.1, -0.05) is 41.2 Å². The van der Waals surface area contributed by atoms with Crippen molar-refractivity contribution in [2.75, 3.05) is 5.75 Å². The van der Waals surface area contributed by atoms with E-state index in [0.717, 1.165) is 29.0 Å². The first-order chi connectivity index (χ1) is 11.7. The van der Waals surface area contributed by atoms with Gasteiger partial charge in [-0.05, 0) is 42.7 Å². The van der Waals surface area contributed by atoms with Crippen LogP contribution in [0.15, 0.2) is 58.8 Å². The zero-order valence-corrected chi connectivity index (χ0v) is 14.4. The fourth-order valence-corrected chi connectivity index (χ4v) is 3.51. The highest BCUT2D eigenvalue weighted by molar-refractivity contribution is 8.13. The number of oxime groups is 1. The molecule has 2 heterocycles. The minimum Gasteiger partial charge on any atom is -0.389 e. The Kier molecular flexibility index (Phi) is 5.15. The zero-order chi connectivity index (χ0) is 16.8. The number of hydrogen-bond acceptors (Lipinski definition) is 6. The molecule has 1 unspecified atom stereocenters. The molecule has 6 heteroatoms. The number of nitrogens with two attached hydrogens (primary N) is 1. The second-order valence-electron chi connectivity index (χ2n) is 5.78. The van der Waals surface area contributed by atoms with E-state index < -0.39 is 0 Å². The van der Waals surface area contributed by atoms with Gasteiger partial charge >= 0.3 is 0 Å². The first-order valence-electron chi connectivity index (χ1n) is 7.80. The third kappa shape index (κ3) is 4.14. The molecule has 0 amide bonds. The van der Waals surface area contributed by atoms with Crippen LogP contribution in [-0.4, -0.2) is 22.1 Å². The van der Waals surface area contributed by atoms with E-state index in [0.29, 0.717) is 11.8 Å². The lowest BCUT2D eigenvalue weighted by Gasteiger charge is -2.29. The lowest BCUT2D eigenvalue weighted by molar-refractivity contribution is 0.129. The Hall–Kier alpha value is -2.34. The van der Waals surface area contributed by atoms with Crippen molar-refractivity contribution in [1.82, 2.24) is 4.98 Å². The molecule has 1 aliphatic rings. The quantitative estimate of drug-likeness (QED) is 0.669. The summed E-state index contributed by atoms with van der Waals surface area (Å²) in [4.78, 5) is 14.1. The normalized spacial score (nSPS) is 20.8. The number of aliphatic imine (C=N–C) groups is 1. The van der Waals surface area contributed by atoms with Gasteiger partial charge in [-0.3, -0.25) is 9.98 Å². The lowest BCUT2D eigenvalue weighted by atomic mass is 9.89. The van der Waals surface area contributed by atoms with Crippen molar-refractivity contribution >= 4 is 23.1 Å².